The molecule has 1 aliphatic rings. The van der Waals surface area contributed by atoms with Crippen molar-refractivity contribution in [3.05, 3.63) is 12.7 Å². The summed E-state index contributed by atoms with van der Waals surface area (Å²) in [4.78, 5) is 48.9. The highest BCUT2D eigenvalue weighted by molar-refractivity contribution is 7.66. The number of nitrogens with zero attached hydrogens (tertiary/aromatic N) is 4. The summed E-state index contributed by atoms with van der Waals surface area (Å²) < 4.78 is 75.2. The number of phosphoric acid groups is 3. The first-order chi connectivity index (χ1) is 24.2. The van der Waals surface area contributed by atoms with Crippen molar-refractivity contribution in [3.8, 4) is 0 Å². The largest absolute Gasteiger partial charge is 0.490 e. The molecule has 2 aromatic rings. The summed E-state index contributed by atoms with van der Waals surface area (Å²) >= 11 is 0. The van der Waals surface area contributed by atoms with Gasteiger partial charge in [0.05, 0.1) is 39.4 Å². The van der Waals surface area contributed by atoms with Gasteiger partial charge in [-0.1, -0.05) is 0 Å². The van der Waals surface area contributed by atoms with Crippen LogP contribution in [0.4, 0.5) is 5.82 Å². The van der Waals surface area contributed by atoms with Crippen LogP contribution in [0.15, 0.2) is 12.7 Å². The van der Waals surface area contributed by atoms with Gasteiger partial charge in [0.25, 0.3) is 0 Å². The Morgan fingerprint density at radius 3 is 1.98 bits per heavy atom. The van der Waals surface area contributed by atoms with E-state index in [9.17, 15) is 33.7 Å². The van der Waals surface area contributed by atoms with E-state index in [1.165, 1.54) is 17.2 Å². The van der Waals surface area contributed by atoms with Gasteiger partial charge < -0.3 is 64.5 Å². The van der Waals surface area contributed by atoms with Gasteiger partial charge in [-0.15, -0.1) is 0 Å². The molecule has 294 valence electrons. The van der Waals surface area contributed by atoms with Crippen molar-refractivity contribution in [2.75, 3.05) is 77.9 Å². The normalized spacial score (nSPS) is 21.9. The molecule has 1 fully saturated rings. The lowest BCUT2D eigenvalue weighted by Gasteiger charge is -2.19. The van der Waals surface area contributed by atoms with Gasteiger partial charge in [-0.05, 0) is 38.6 Å². The lowest BCUT2D eigenvalue weighted by Crippen LogP contribution is -2.33. The molecule has 0 spiro atoms. The molecule has 0 amide bonds. The predicted octanol–water partition coefficient (Wildman–Crippen LogP) is 0.176. The molecule has 26 heteroatoms. The number of ether oxygens (including phenoxy) is 5. The molecule has 0 bridgehead atoms. The first-order valence-corrected chi connectivity index (χ1v) is 20.5. The van der Waals surface area contributed by atoms with E-state index in [1.54, 1.807) is 0 Å². The Morgan fingerprint density at radius 2 is 1.37 bits per heavy atom. The molecule has 2 aromatic heterocycles. The molecule has 0 aliphatic carbocycles. The number of nitrogens with two attached hydrogens (primary N) is 1. The third-order valence-electron chi connectivity index (χ3n) is 6.86. The number of anilines is 1. The average Bonchev–Trinajstić information content (AvgIpc) is 3.60. The highest BCUT2D eigenvalue weighted by atomic mass is 31.3. The number of fused-ring (bicyclic) bond motifs is 1. The molecule has 23 nitrogen and oxygen atoms in total. The van der Waals surface area contributed by atoms with Gasteiger partial charge in [0, 0.05) is 33.0 Å². The van der Waals surface area contributed by atoms with Crippen LogP contribution in [0.5, 0.6) is 0 Å². The smallest absolute Gasteiger partial charge is 0.387 e. The van der Waals surface area contributed by atoms with Crippen molar-refractivity contribution in [3.63, 3.8) is 0 Å². The van der Waals surface area contributed by atoms with Crippen LogP contribution in [-0.4, -0.2) is 140 Å². The minimum atomic E-state index is -5.74. The van der Waals surface area contributed by atoms with E-state index in [0.29, 0.717) is 83.7 Å². The SMILES string of the molecule is NCCCOCCOCCCCCOCCOCCCNc1ncnc2c1ncn2C1OC(COP(=O)(O)OP(=O)(O)OP(=O)(O)O)C(O)C1O. The second kappa shape index (κ2) is 22.0. The lowest BCUT2D eigenvalue weighted by atomic mass is 10.1. The molecule has 6 atom stereocenters. The fourth-order valence-electron chi connectivity index (χ4n) is 4.53. The summed E-state index contributed by atoms with van der Waals surface area (Å²) in [5.74, 6) is 0.376. The summed E-state index contributed by atoms with van der Waals surface area (Å²) in [7, 11) is -16.8. The Kier molecular flexibility index (Phi) is 18.9. The average molecular weight is 797 g/mol. The second-order valence-corrected chi connectivity index (χ2v) is 15.3. The zero-order chi connectivity index (χ0) is 37.3. The van der Waals surface area contributed by atoms with Crippen LogP contribution in [-0.2, 0) is 50.5 Å². The topological polar surface area (TPSA) is 328 Å². The summed E-state index contributed by atoms with van der Waals surface area (Å²) in [5, 5.41) is 24.2. The number of nitrogens with one attached hydrogen (secondary N) is 1. The van der Waals surface area contributed by atoms with Crippen LogP contribution < -0.4 is 11.1 Å². The quantitative estimate of drug-likeness (QED) is 0.0420. The van der Waals surface area contributed by atoms with E-state index < -0.39 is 54.6 Å². The Hall–Kier alpha value is -1.56. The number of aliphatic hydroxyl groups excluding tert-OH is 2. The first kappa shape index (κ1) is 43.8. The first-order valence-electron chi connectivity index (χ1n) is 16.0. The van der Waals surface area contributed by atoms with Crippen LogP contribution >= 0.6 is 23.5 Å². The number of hydrogen-bond donors (Lipinski definition) is 8. The standard InChI is InChI=1S/C25H47N6O17P3/c26-6-4-10-43-14-12-41-8-2-1-3-9-42-13-15-44-11-5-7-27-23-20-24(29-17-28-23)31(18-30-20)25-22(33)21(32)19(46-25)16-45-50(37,38)48-51(39,40)47-49(34,35)36/h17-19,21-22,25,32-33H,1-16,26H2,(H,37,38)(H,39,40)(H,27,28,29)(H2,34,35,36). The van der Waals surface area contributed by atoms with E-state index in [4.69, 9.17) is 39.2 Å². The van der Waals surface area contributed by atoms with Crippen LogP contribution in [0, 0.1) is 0 Å². The molecule has 1 aliphatic heterocycles. The maximum absolute atomic E-state index is 12.0. The molecule has 1 saturated heterocycles. The Morgan fingerprint density at radius 1 is 0.765 bits per heavy atom. The van der Waals surface area contributed by atoms with Gasteiger partial charge in [-0.2, -0.15) is 8.62 Å². The van der Waals surface area contributed by atoms with Crippen molar-refractivity contribution >= 4 is 40.4 Å². The van der Waals surface area contributed by atoms with Gasteiger partial charge in [-0.25, -0.2) is 28.6 Å². The van der Waals surface area contributed by atoms with Crippen molar-refractivity contribution in [2.45, 2.75) is 56.6 Å². The highest BCUT2D eigenvalue weighted by Crippen LogP contribution is 2.66. The molecule has 0 radical (unpaired) electrons. The maximum atomic E-state index is 12.0. The van der Waals surface area contributed by atoms with Gasteiger partial charge in [0.2, 0.25) is 0 Å². The van der Waals surface area contributed by atoms with E-state index in [0.717, 1.165) is 25.7 Å². The number of aliphatic hydroxyl groups is 2. The van der Waals surface area contributed by atoms with E-state index >= 15 is 0 Å². The molecule has 0 saturated carbocycles. The number of phosphoric ester groups is 1. The van der Waals surface area contributed by atoms with E-state index in [-0.39, 0.29) is 5.65 Å². The predicted molar refractivity (Wildman–Crippen MR) is 175 cm³/mol. The summed E-state index contributed by atoms with van der Waals surface area (Å²) in [6.07, 6.45) is 0.804. The third-order valence-corrected chi connectivity index (χ3v) is 10.7. The molecule has 0 aromatic carbocycles. The monoisotopic (exact) mass is 796 g/mol. The molecular formula is C25H47N6O17P3. The Balaban J connectivity index is 1.33. The minimum Gasteiger partial charge on any atom is -0.387 e. The van der Waals surface area contributed by atoms with Crippen molar-refractivity contribution in [2.24, 2.45) is 5.73 Å². The Labute approximate surface area is 293 Å². The number of unbranched alkanes of at least 4 members (excludes halogenated alkanes) is 2. The molecule has 9 N–H and O–H groups in total. The second-order valence-electron chi connectivity index (χ2n) is 10.9. The van der Waals surface area contributed by atoms with Crippen molar-refractivity contribution < 1.29 is 80.3 Å². The van der Waals surface area contributed by atoms with Crippen LogP contribution in [0.2, 0.25) is 0 Å². The van der Waals surface area contributed by atoms with Crippen LogP contribution in [0.3, 0.4) is 0 Å². The van der Waals surface area contributed by atoms with Crippen LogP contribution in [0.1, 0.15) is 38.3 Å². The number of imidazole rings is 1. The van der Waals surface area contributed by atoms with Crippen molar-refractivity contribution in [1.29, 1.82) is 0 Å². The molecule has 51 heavy (non-hydrogen) atoms. The van der Waals surface area contributed by atoms with Crippen molar-refractivity contribution in [1.82, 2.24) is 19.5 Å². The maximum Gasteiger partial charge on any atom is 0.490 e. The van der Waals surface area contributed by atoms with Gasteiger partial charge in [0.15, 0.2) is 23.2 Å². The molecule has 6 unspecified atom stereocenters. The van der Waals surface area contributed by atoms with Gasteiger partial charge in [-0.3, -0.25) is 9.09 Å². The molecule has 3 heterocycles. The number of aromatic nitrogens is 4. The van der Waals surface area contributed by atoms with Gasteiger partial charge >= 0.3 is 23.5 Å². The summed E-state index contributed by atoms with van der Waals surface area (Å²) in [6.45, 7) is 4.71. The van der Waals surface area contributed by atoms with Gasteiger partial charge in [0.1, 0.15) is 24.6 Å². The Bertz CT molecular complexity index is 1450. The van der Waals surface area contributed by atoms with E-state index in [1.807, 2.05) is 0 Å². The zero-order valence-electron chi connectivity index (χ0n) is 27.7. The van der Waals surface area contributed by atoms with Crippen LogP contribution in [0.25, 0.3) is 11.2 Å². The fraction of sp³-hybridized carbons (Fsp3) is 0.800. The molecule has 3 rings (SSSR count). The zero-order valence-corrected chi connectivity index (χ0v) is 30.3. The molecular weight excluding hydrogens is 749 g/mol. The minimum absolute atomic E-state index is 0.210. The summed E-state index contributed by atoms with van der Waals surface area (Å²) in [6, 6.07) is 0. The fourth-order valence-corrected chi connectivity index (χ4v) is 7.56. The number of hydrogen-bond acceptors (Lipinski definition) is 18. The third kappa shape index (κ3) is 16.1. The number of rotatable bonds is 28. The summed E-state index contributed by atoms with van der Waals surface area (Å²) in [5.41, 5.74) is 5.93. The van der Waals surface area contributed by atoms with E-state index in [2.05, 4.69) is 33.4 Å². The highest BCUT2D eigenvalue weighted by Gasteiger charge is 2.47. The lowest BCUT2D eigenvalue weighted by molar-refractivity contribution is -0.0503.